The zero-order valence-corrected chi connectivity index (χ0v) is 9.68. The monoisotopic (exact) mass is 195 g/mol. The van der Waals surface area contributed by atoms with Crippen molar-refractivity contribution in [1.82, 2.24) is 4.98 Å². The van der Waals surface area contributed by atoms with E-state index in [1.54, 1.807) is 0 Å². The molecule has 0 spiro atoms. The van der Waals surface area contributed by atoms with Gasteiger partial charge in [-0.2, -0.15) is 0 Å². The third-order valence-electron chi connectivity index (χ3n) is 2.16. The van der Waals surface area contributed by atoms with E-state index in [9.17, 15) is 0 Å². The van der Waals surface area contributed by atoms with Gasteiger partial charge >= 0.3 is 0 Å². The first-order chi connectivity index (χ1) is 6.24. The van der Waals surface area contributed by atoms with Gasteiger partial charge in [0.05, 0.1) is 0 Å². The number of rotatable bonds is 8. The van der Waals surface area contributed by atoms with Crippen LogP contribution in [0.25, 0.3) is 0 Å². The Morgan fingerprint density at radius 1 is 1.00 bits per heavy atom. The van der Waals surface area contributed by atoms with Crippen LogP contribution in [0.1, 0.15) is 6.92 Å². The van der Waals surface area contributed by atoms with Crippen molar-refractivity contribution < 1.29 is 0 Å². The second kappa shape index (κ2) is 6.86. The fraction of sp³-hybridized carbons (Fsp3) is 0.455. The van der Waals surface area contributed by atoms with Crippen molar-refractivity contribution in [3.05, 3.63) is 38.0 Å². The summed E-state index contributed by atoms with van der Waals surface area (Å²) in [6.07, 6.45) is 6.05. The lowest BCUT2D eigenvalue weighted by molar-refractivity contribution is 0.937. The van der Waals surface area contributed by atoms with E-state index in [0.717, 1.165) is 24.7 Å². The molecular formula is C11H21NSi. The second-order valence-corrected chi connectivity index (χ2v) is 7.43. The first kappa shape index (κ1) is 12.4. The maximum absolute atomic E-state index is 3.82. The molecule has 0 amide bonds. The summed E-state index contributed by atoms with van der Waals surface area (Å²) < 4.78 is 0. The Balaban J connectivity index is 4.44. The van der Waals surface area contributed by atoms with Crippen LogP contribution in [0.5, 0.6) is 0 Å². The largest absolute Gasteiger partial charge is 0.337 e. The zero-order valence-electron chi connectivity index (χ0n) is 8.68. The Morgan fingerprint density at radius 2 is 1.38 bits per heavy atom. The molecule has 0 heterocycles. The predicted molar refractivity (Wildman–Crippen MR) is 64.4 cm³/mol. The van der Waals surface area contributed by atoms with E-state index >= 15 is 0 Å². The standard InChI is InChI=1S/C11H21NSi/c1-5-9-13(10-6-2,11-7-3)12-8-4/h5-7,12H,1-3,8-11H2,4H3. The molecule has 0 aliphatic rings. The molecule has 1 nitrogen and oxygen atoms in total. The smallest absolute Gasteiger partial charge is 0.137 e. The molecule has 0 aliphatic carbocycles. The highest BCUT2D eigenvalue weighted by atomic mass is 28.3. The lowest BCUT2D eigenvalue weighted by atomic mass is 10.7. The van der Waals surface area contributed by atoms with Crippen LogP contribution in [-0.2, 0) is 0 Å². The molecule has 0 aromatic carbocycles. The van der Waals surface area contributed by atoms with E-state index in [-0.39, 0.29) is 0 Å². The molecule has 0 radical (unpaired) electrons. The molecule has 0 fully saturated rings. The topological polar surface area (TPSA) is 12.0 Å². The highest BCUT2D eigenvalue weighted by molar-refractivity contribution is 6.78. The summed E-state index contributed by atoms with van der Waals surface area (Å²) in [6, 6.07) is 3.29. The van der Waals surface area contributed by atoms with Gasteiger partial charge in [0.15, 0.2) is 0 Å². The average molecular weight is 195 g/mol. The Kier molecular flexibility index (Phi) is 6.55. The van der Waals surface area contributed by atoms with Crippen LogP contribution in [0.2, 0.25) is 18.1 Å². The first-order valence-electron chi connectivity index (χ1n) is 4.82. The van der Waals surface area contributed by atoms with Gasteiger partial charge in [-0.3, -0.25) is 0 Å². The summed E-state index contributed by atoms with van der Waals surface area (Å²) in [6.45, 7) is 14.6. The van der Waals surface area contributed by atoms with Crippen LogP contribution >= 0.6 is 0 Å². The molecule has 13 heavy (non-hydrogen) atoms. The van der Waals surface area contributed by atoms with Crippen LogP contribution in [0.15, 0.2) is 38.0 Å². The molecule has 0 bridgehead atoms. The summed E-state index contributed by atoms with van der Waals surface area (Å²) in [5, 5.41) is 0. The SMILES string of the molecule is C=CC[Si](CC=C)(CC=C)NCC. The van der Waals surface area contributed by atoms with Gasteiger partial charge in [0, 0.05) is 0 Å². The minimum Gasteiger partial charge on any atom is -0.337 e. The van der Waals surface area contributed by atoms with Gasteiger partial charge in [0.1, 0.15) is 8.24 Å². The zero-order chi connectivity index (χ0) is 10.2. The van der Waals surface area contributed by atoms with Crippen molar-refractivity contribution in [1.29, 1.82) is 0 Å². The van der Waals surface area contributed by atoms with Gasteiger partial charge in [-0.05, 0) is 24.7 Å². The molecule has 0 saturated carbocycles. The van der Waals surface area contributed by atoms with Gasteiger partial charge in [-0.25, -0.2) is 0 Å². The number of hydrogen-bond acceptors (Lipinski definition) is 1. The fourth-order valence-electron chi connectivity index (χ4n) is 1.67. The summed E-state index contributed by atoms with van der Waals surface area (Å²) in [5.41, 5.74) is 0. The minimum atomic E-state index is -1.40. The number of nitrogens with one attached hydrogen (secondary N) is 1. The summed E-state index contributed by atoms with van der Waals surface area (Å²) in [7, 11) is -1.40. The van der Waals surface area contributed by atoms with E-state index in [1.165, 1.54) is 0 Å². The van der Waals surface area contributed by atoms with E-state index in [4.69, 9.17) is 0 Å². The van der Waals surface area contributed by atoms with Crippen LogP contribution < -0.4 is 4.98 Å². The quantitative estimate of drug-likeness (QED) is 0.463. The van der Waals surface area contributed by atoms with E-state index < -0.39 is 8.24 Å². The molecule has 0 rings (SSSR count). The van der Waals surface area contributed by atoms with Crippen LogP contribution in [0, 0.1) is 0 Å². The van der Waals surface area contributed by atoms with Crippen molar-refractivity contribution in [2.24, 2.45) is 0 Å². The highest BCUT2D eigenvalue weighted by Crippen LogP contribution is 2.19. The number of hydrogen-bond donors (Lipinski definition) is 1. The lowest BCUT2D eigenvalue weighted by Gasteiger charge is -2.29. The molecule has 2 heteroatoms. The molecular weight excluding hydrogens is 174 g/mol. The number of allylic oxidation sites excluding steroid dienone is 3. The average Bonchev–Trinajstić information content (AvgIpc) is 2.06. The molecule has 0 aliphatic heterocycles. The Labute approximate surface area is 83.3 Å². The maximum atomic E-state index is 3.82. The summed E-state index contributed by atoms with van der Waals surface area (Å²) in [4.78, 5) is 3.62. The Bertz CT molecular complexity index is 148. The first-order valence-corrected chi connectivity index (χ1v) is 7.44. The van der Waals surface area contributed by atoms with E-state index in [0.29, 0.717) is 0 Å². The normalized spacial score (nSPS) is 10.8. The summed E-state index contributed by atoms with van der Waals surface area (Å²) in [5.74, 6) is 0. The Hall–Kier alpha value is -0.603. The summed E-state index contributed by atoms with van der Waals surface area (Å²) >= 11 is 0. The molecule has 0 aromatic rings. The molecule has 0 aromatic heterocycles. The lowest BCUT2D eigenvalue weighted by Crippen LogP contribution is -2.49. The predicted octanol–water partition coefficient (Wildman–Crippen LogP) is 3.10. The van der Waals surface area contributed by atoms with Crippen LogP contribution in [0.3, 0.4) is 0 Å². The second-order valence-electron chi connectivity index (χ2n) is 3.29. The van der Waals surface area contributed by atoms with E-state index in [1.807, 2.05) is 18.2 Å². The van der Waals surface area contributed by atoms with Gasteiger partial charge in [0.2, 0.25) is 0 Å². The highest BCUT2D eigenvalue weighted by Gasteiger charge is 2.27. The molecule has 1 N–H and O–H groups in total. The van der Waals surface area contributed by atoms with Gasteiger partial charge in [-0.1, -0.05) is 25.2 Å². The molecule has 74 valence electrons. The van der Waals surface area contributed by atoms with Crippen molar-refractivity contribution >= 4 is 8.24 Å². The molecule has 0 atom stereocenters. The molecule has 0 unspecified atom stereocenters. The molecule has 0 saturated heterocycles. The Morgan fingerprint density at radius 3 is 1.62 bits per heavy atom. The van der Waals surface area contributed by atoms with Crippen molar-refractivity contribution in [3.63, 3.8) is 0 Å². The van der Waals surface area contributed by atoms with Crippen LogP contribution in [-0.4, -0.2) is 14.8 Å². The van der Waals surface area contributed by atoms with Gasteiger partial charge in [0.25, 0.3) is 0 Å². The van der Waals surface area contributed by atoms with Crippen LogP contribution in [0.4, 0.5) is 0 Å². The van der Waals surface area contributed by atoms with Gasteiger partial charge < -0.3 is 4.98 Å². The maximum Gasteiger partial charge on any atom is 0.137 e. The van der Waals surface area contributed by atoms with Gasteiger partial charge in [-0.15, -0.1) is 19.7 Å². The van der Waals surface area contributed by atoms with Crippen molar-refractivity contribution in [3.8, 4) is 0 Å². The minimum absolute atomic E-state index is 1.03. The third-order valence-corrected chi connectivity index (χ3v) is 6.47. The third kappa shape index (κ3) is 4.25. The van der Waals surface area contributed by atoms with Crippen molar-refractivity contribution in [2.75, 3.05) is 6.54 Å². The fourth-order valence-corrected chi connectivity index (χ4v) is 5.01. The van der Waals surface area contributed by atoms with E-state index in [2.05, 4.69) is 31.6 Å². The van der Waals surface area contributed by atoms with Crippen molar-refractivity contribution in [2.45, 2.75) is 25.1 Å².